The van der Waals surface area contributed by atoms with Crippen LogP contribution in [0.4, 0.5) is 9.59 Å². The van der Waals surface area contributed by atoms with Crippen LogP contribution in [0.25, 0.3) is 0 Å². The number of fused-ring (bicyclic) bond motifs is 1. The van der Waals surface area contributed by atoms with Gasteiger partial charge in [-0.3, -0.25) is 0 Å². The Bertz CT molecular complexity index is 956. The van der Waals surface area contributed by atoms with E-state index in [1.54, 1.807) is 5.82 Å². The van der Waals surface area contributed by atoms with Gasteiger partial charge in [0.05, 0.1) is 0 Å². The molecule has 0 aromatic heterocycles. The Kier molecular flexibility index (Phi) is 7.27. The number of nitrogens with one attached hydrogen (secondary N) is 3. The molecule has 0 unspecified atom stereocenters. The molecule has 3 heterocycles. The van der Waals surface area contributed by atoms with Crippen molar-refractivity contribution in [2.75, 3.05) is 26.2 Å². The van der Waals surface area contributed by atoms with Gasteiger partial charge >= 0.3 is 201 Å². The molecule has 1 atom stereocenters. The molecule has 0 aromatic carbocycles. The average molecular weight is 507 g/mol. The van der Waals surface area contributed by atoms with Crippen molar-refractivity contribution in [1.29, 1.82) is 0 Å². The Balaban J connectivity index is 1.32. The molecule has 6 amide bonds. The van der Waals surface area contributed by atoms with Crippen molar-refractivity contribution in [3.05, 3.63) is 35.7 Å². The fourth-order valence-corrected chi connectivity index (χ4v) is 6.94. The summed E-state index contributed by atoms with van der Waals surface area (Å²) in [6.45, 7) is -0.146. The van der Waals surface area contributed by atoms with Crippen LogP contribution in [0.1, 0.15) is 25.7 Å². The average Bonchev–Trinajstić information content (AvgIpc) is 3.44. The van der Waals surface area contributed by atoms with E-state index in [0.717, 1.165) is 65.4 Å². The summed E-state index contributed by atoms with van der Waals surface area (Å²) in [5.74, 6) is -0.151. The van der Waals surface area contributed by atoms with Crippen LogP contribution in [-0.4, -0.2) is 77.8 Å². The summed E-state index contributed by atoms with van der Waals surface area (Å²) in [5.41, 5.74) is 1.02. The zero-order valence-corrected chi connectivity index (χ0v) is 19.8. The van der Waals surface area contributed by atoms with Crippen LogP contribution in [0, 0.1) is 0 Å². The quantitative estimate of drug-likeness (QED) is 0.308. The van der Waals surface area contributed by atoms with Crippen LogP contribution in [0.5, 0.6) is 0 Å². The number of rotatable bonds is 8. The molecule has 1 aliphatic carbocycles. The predicted octanol–water partition coefficient (Wildman–Crippen LogP) is 0.213. The standard InChI is InChI=1S/C21H26N5O8P/c27-16-5-6-17(28)25(16)11-9-22-20(31)33-35(13-14-3-1-2-4-15(14)24-35)34-21(32)23-10-12-26-18(29)7-8-19(26)30/h5-8,13,15,24,35H,1-4,9-12H2,(H,22,31)(H,23,32)/t15-/m1/s1. The first-order chi connectivity index (χ1) is 16.8. The van der Waals surface area contributed by atoms with Gasteiger partial charge in [0.25, 0.3) is 0 Å². The molecule has 4 rings (SSSR count). The molecule has 188 valence electrons. The van der Waals surface area contributed by atoms with Crippen LogP contribution in [-0.2, 0) is 28.2 Å². The summed E-state index contributed by atoms with van der Waals surface area (Å²) in [5, 5.41) is 8.14. The number of amides is 6. The van der Waals surface area contributed by atoms with Crippen molar-refractivity contribution in [3.63, 3.8) is 0 Å². The molecule has 14 heteroatoms. The molecule has 3 N–H and O–H groups in total. The van der Waals surface area contributed by atoms with Gasteiger partial charge in [-0.05, 0) is 0 Å². The van der Waals surface area contributed by atoms with E-state index in [4.69, 9.17) is 9.05 Å². The first-order valence-electron chi connectivity index (χ1n) is 11.3. The van der Waals surface area contributed by atoms with Crippen LogP contribution < -0.4 is 15.7 Å². The van der Waals surface area contributed by atoms with Gasteiger partial charge in [0.2, 0.25) is 0 Å². The Morgan fingerprint density at radius 1 is 0.857 bits per heavy atom. The molecule has 1 saturated carbocycles. The minimum absolute atomic E-state index is 0.0321. The van der Waals surface area contributed by atoms with Gasteiger partial charge in [0.15, 0.2) is 0 Å². The molecule has 0 spiro atoms. The topological polar surface area (TPSA) is 163 Å². The molecule has 35 heavy (non-hydrogen) atoms. The molecular weight excluding hydrogens is 481 g/mol. The summed E-state index contributed by atoms with van der Waals surface area (Å²) in [6.07, 6.45) is 6.44. The molecule has 0 aromatic rings. The van der Waals surface area contributed by atoms with Crippen LogP contribution >= 0.6 is 7.87 Å². The molecule has 1 fully saturated rings. The molecule has 0 saturated heterocycles. The number of nitrogens with zero attached hydrogens (tertiary/aromatic N) is 2. The van der Waals surface area contributed by atoms with E-state index in [1.165, 1.54) is 0 Å². The number of carbonyl (C=O) groups excluding carboxylic acids is 6. The third-order valence-corrected chi connectivity index (χ3v) is 8.38. The second-order valence-electron chi connectivity index (χ2n) is 8.28. The fourth-order valence-electron chi connectivity index (χ4n) is 4.23. The van der Waals surface area contributed by atoms with Gasteiger partial charge in [0.1, 0.15) is 0 Å². The number of carbonyl (C=O) groups is 6. The SMILES string of the molecule is O=C(NCCN1C(=O)C=CC1=O)O[PH]1(OC(=O)NCCN2C(=O)C=CC2=O)C=C2CCCC[C@H]2N1. The summed E-state index contributed by atoms with van der Waals surface area (Å²) in [6, 6.07) is -0.0622. The van der Waals surface area contributed by atoms with E-state index in [1.807, 2.05) is 0 Å². The van der Waals surface area contributed by atoms with Crippen molar-refractivity contribution in [3.8, 4) is 0 Å². The fraction of sp³-hybridized carbons (Fsp3) is 0.429. The van der Waals surface area contributed by atoms with E-state index in [0.29, 0.717) is 0 Å². The Hall–Kier alpha value is -3.57. The number of imide groups is 2. The monoisotopic (exact) mass is 507 g/mol. The van der Waals surface area contributed by atoms with Gasteiger partial charge in [-0.2, -0.15) is 0 Å². The van der Waals surface area contributed by atoms with Gasteiger partial charge in [0, 0.05) is 0 Å². The molecule has 0 radical (unpaired) electrons. The third-order valence-electron chi connectivity index (χ3n) is 5.91. The van der Waals surface area contributed by atoms with Gasteiger partial charge in [-0.1, -0.05) is 0 Å². The Morgan fingerprint density at radius 2 is 1.34 bits per heavy atom. The third kappa shape index (κ3) is 5.75. The van der Waals surface area contributed by atoms with Gasteiger partial charge in [-0.25, -0.2) is 0 Å². The minimum atomic E-state index is -3.66. The van der Waals surface area contributed by atoms with E-state index in [-0.39, 0.29) is 32.2 Å². The van der Waals surface area contributed by atoms with Crippen LogP contribution in [0.15, 0.2) is 35.7 Å². The van der Waals surface area contributed by atoms with Gasteiger partial charge in [-0.15, -0.1) is 0 Å². The Morgan fingerprint density at radius 3 is 1.80 bits per heavy atom. The van der Waals surface area contributed by atoms with Crippen molar-refractivity contribution in [2.24, 2.45) is 0 Å². The molecular formula is C21H26N5O8P. The summed E-state index contributed by atoms with van der Waals surface area (Å²) in [4.78, 5) is 73.5. The van der Waals surface area contributed by atoms with Gasteiger partial charge < -0.3 is 0 Å². The number of hydrogen-bond acceptors (Lipinski definition) is 9. The normalized spacial score (nSPS) is 23.3. The van der Waals surface area contributed by atoms with Crippen LogP contribution in [0.3, 0.4) is 0 Å². The molecule has 13 nitrogen and oxygen atoms in total. The second-order valence-corrected chi connectivity index (χ2v) is 10.6. The zero-order chi connectivity index (χ0) is 25.0. The van der Waals surface area contributed by atoms with Crippen LogP contribution in [0.2, 0.25) is 0 Å². The Labute approximate surface area is 201 Å². The first kappa shape index (κ1) is 24.6. The summed E-state index contributed by atoms with van der Waals surface area (Å²) in [7, 11) is -3.66. The van der Waals surface area contributed by atoms with E-state index in [2.05, 4.69) is 15.7 Å². The van der Waals surface area contributed by atoms with Crippen molar-refractivity contribution < 1.29 is 37.8 Å². The van der Waals surface area contributed by atoms with E-state index < -0.39 is 43.7 Å². The second kappa shape index (κ2) is 10.4. The molecule has 3 aliphatic heterocycles. The van der Waals surface area contributed by atoms with Crippen molar-refractivity contribution in [1.82, 2.24) is 25.5 Å². The van der Waals surface area contributed by atoms with E-state index in [9.17, 15) is 28.8 Å². The summed E-state index contributed by atoms with van der Waals surface area (Å²) >= 11 is 0. The van der Waals surface area contributed by atoms with Crippen molar-refractivity contribution >= 4 is 43.7 Å². The summed E-state index contributed by atoms with van der Waals surface area (Å²) < 4.78 is 11.2. The number of hydrogen-bond donors (Lipinski definition) is 3. The first-order valence-corrected chi connectivity index (χ1v) is 13.2. The molecule has 4 aliphatic rings. The maximum atomic E-state index is 12.5. The zero-order valence-electron chi connectivity index (χ0n) is 18.8. The van der Waals surface area contributed by atoms with E-state index >= 15 is 0 Å². The molecule has 0 bridgehead atoms. The maximum absolute atomic E-state index is 12.5. The predicted molar refractivity (Wildman–Crippen MR) is 122 cm³/mol. The van der Waals surface area contributed by atoms with Crippen molar-refractivity contribution in [2.45, 2.75) is 31.7 Å².